The molecule has 0 saturated heterocycles. The molecule has 0 unspecified atom stereocenters. The molecule has 0 radical (unpaired) electrons. The van der Waals surface area contributed by atoms with Gasteiger partial charge in [0.25, 0.3) is 0 Å². The monoisotopic (exact) mass is 410 g/mol. The number of sulfonamides is 1. The zero-order valence-corrected chi connectivity index (χ0v) is 17.1. The van der Waals surface area contributed by atoms with Gasteiger partial charge < -0.3 is 10.2 Å². The lowest BCUT2D eigenvalue weighted by molar-refractivity contribution is 0.199. The summed E-state index contributed by atoms with van der Waals surface area (Å²) in [6.07, 6.45) is 1.56. The lowest BCUT2D eigenvalue weighted by Crippen LogP contribution is -2.36. The zero-order valence-electron chi connectivity index (χ0n) is 15.5. The third-order valence-electron chi connectivity index (χ3n) is 4.41. The van der Waals surface area contributed by atoms with Crippen molar-refractivity contribution in [2.24, 2.45) is 5.92 Å². The van der Waals surface area contributed by atoms with E-state index < -0.39 is 10.0 Å². The first-order valence-corrected chi connectivity index (χ1v) is 10.7. The smallest absolute Gasteiger partial charge is 0.317 e. The number of urea groups is 1. The third kappa shape index (κ3) is 4.02. The number of fused-ring (bicyclic) bond motifs is 2. The number of rotatable bonds is 5. The quantitative estimate of drug-likeness (QED) is 0.741. The van der Waals surface area contributed by atoms with Crippen molar-refractivity contribution in [3.05, 3.63) is 34.6 Å². The first kappa shape index (κ1) is 19.9. The van der Waals surface area contributed by atoms with Crippen molar-refractivity contribution >= 4 is 38.4 Å². The van der Waals surface area contributed by atoms with Crippen LogP contribution in [0.15, 0.2) is 23.2 Å². The number of halogens is 1. The predicted octanol–water partition coefficient (Wildman–Crippen LogP) is 2.87. The first-order valence-electron chi connectivity index (χ1n) is 8.85. The highest BCUT2D eigenvalue weighted by Gasteiger charge is 2.32. The average Bonchev–Trinajstić information content (AvgIpc) is 3.01. The van der Waals surface area contributed by atoms with Gasteiger partial charge in [0.1, 0.15) is 5.15 Å². The van der Waals surface area contributed by atoms with Crippen LogP contribution in [0.4, 0.5) is 4.79 Å². The second-order valence-electron chi connectivity index (χ2n) is 7.01. The maximum Gasteiger partial charge on any atom is 0.317 e. The van der Waals surface area contributed by atoms with Crippen LogP contribution in [0.3, 0.4) is 0 Å². The van der Waals surface area contributed by atoms with Crippen LogP contribution in [0.1, 0.15) is 31.9 Å². The van der Waals surface area contributed by atoms with Crippen LogP contribution in [-0.4, -0.2) is 37.4 Å². The molecule has 27 heavy (non-hydrogen) atoms. The fourth-order valence-corrected chi connectivity index (χ4v) is 5.01. The molecule has 0 atom stereocenters. The van der Waals surface area contributed by atoms with Crippen LogP contribution >= 0.6 is 11.6 Å². The van der Waals surface area contributed by atoms with Crippen molar-refractivity contribution in [2.45, 2.75) is 38.8 Å². The summed E-state index contributed by atoms with van der Waals surface area (Å²) in [5.74, 6) is 0.167. The molecule has 1 aromatic carbocycles. The molecule has 2 N–H and O–H groups in total. The standard InChI is InChI=1S/C18H23ClN4O3S/c1-4-20-18(24)23-9-13-5-12-8-21-16(19)6-14(12)17(15(13)10-23)27(25,26)22-7-11(2)3/h5-6,8,11,22H,4,7,9-10H2,1-3H3,(H,20,24). The van der Waals surface area contributed by atoms with E-state index in [2.05, 4.69) is 15.0 Å². The van der Waals surface area contributed by atoms with Crippen molar-refractivity contribution in [2.75, 3.05) is 13.1 Å². The molecule has 9 heteroatoms. The summed E-state index contributed by atoms with van der Waals surface area (Å²) in [5, 5.41) is 4.18. The minimum Gasteiger partial charge on any atom is -0.338 e. The molecule has 0 saturated carbocycles. The van der Waals surface area contributed by atoms with Crippen LogP contribution < -0.4 is 10.0 Å². The van der Waals surface area contributed by atoms with E-state index in [1.807, 2.05) is 26.8 Å². The van der Waals surface area contributed by atoms with Gasteiger partial charge in [-0.2, -0.15) is 0 Å². The van der Waals surface area contributed by atoms with E-state index in [1.54, 1.807) is 17.2 Å². The van der Waals surface area contributed by atoms with Gasteiger partial charge in [0.15, 0.2) is 0 Å². The van der Waals surface area contributed by atoms with Crippen LogP contribution in [-0.2, 0) is 23.1 Å². The molecular formula is C18H23ClN4O3S. The Labute approximate surface area is 164 Å². The van der Waals surface area contributed by atoms with Crippen LogP contribution in [0.5, 0.6) is 0 Å². The third-order valence-corrected chi connectivity index (χ3v) is 6.17. The van der Waals surface area contributed by atoms with Gasteiger partial charge in [0.05, 0.1) is 4.90 Å². The predicted molar refractivity (Wildman–Crippen MR) is 105 cm³/mol. The number of nitrogens with zero attached hydrogens (tertiary/aromatic N) is 2. The highest BCUT2D eigenvalue weighted by Crippen LogP contribution is 2.36. The molecule has 1 aliphatic rings. The van der Waals surface area contributed by atoms with Crippen LogP contribution in [0, 0.1) is 5.92 Å². The molecule has 146 valence electrons. The summed E-state index contributed by atoms with van der Waals surface area (Å²) in [6.45, 7) is 7.14. The number of carbonyl (C=O) groups excluding carboxylic acids is 1. The van der Waals surface area contributed by atoms with Crippen LogP contribution in [0.2, 0.25) is 5.15 Å². The molecule has 2 amide bonds. The van der Waals surface area contributed by atoms with E-state index in [9.17, 15) is 13.2 Å². The number of aromatic nitrogens is 1. The normalized spacial score (nSPS) is 14.0. The number of nitrogens with one attached hydrogen (secondary N) is 2. The fourth-order valence-electron chi connectivity index (χ4n) is 3.16. The second-order valence-corrected chi connectivity index (χ2v) is 9.10. The van der Waals surface area contributed by atoms with Crippen molar-refractivity contribution in [3.63, 3.8) is 0 Å². The van der Waals surface area contributed by atoms with Gasteiger partial charge >= 0.3 is 6.03 Å². The Hall–Kier alpha value is -1.90. The summed E-state index contributed by atoms with van der Waals surface area (Å²) >= 11 is 6.04. The molecule has 2 aromatic rings. The molecule has 1 aromatic heterocycles. The highest BCUT2D eigenvalue weighted by molar-refractivity contribution is 7.89. The van der Waals surface area contributed by atoms with Crippen molar-refractivity contribution in [1.82, 2.24) is 19.9 Å². The van der Waals surface area contributed by atoms with E-state index in [0.29, 0.717) is 36.0 Å². The molecule has 0 fully saturated rings. The lowest BCUT2D eigenvalue weighted by atomic mass is 10.0. The highest BCUT2D eigenvalue weighted by atomic mass is 35.5. The fraction of sp³-hybridized carbons (Fsp3) is 0.444. The van der Waals surface area contributed by atoms with Crippen molar-refractivity contribution in [1.29, 1.82) is 0 Å². The number of hydrogen-bond acceptors (Lipinski definition) is 4. The largest absolute Gasteiger partial charge is 0.338 e. The summed E-state index contributed by atoms with van der Waals surface area (Å²) < 4.78 is 28.9. The summed E-state index contributed by atoms with van der Waals surface area (Å²) in [4.78, 5) is 18.1. The van der Waals surface area contributed by atoms with Gasteiger partial charge in [-0.25, -0.2) is 22.9 Å². The maximum atomic E-state index is 13.1. The van der Waals surface area contributed by atoms with E-state index in [-0.39, 0.29) is 28.5 Å². The number of benzene rings is 1. The Kier molecular flexibility index (Phi) is 5.60. The van der Waals surface area contributed by atoms with Crippen LogP contribution in [0.25, 0.3) is 10.8 Å². The maximum absolute atomic E-state index is 13.1. The average molecular weight is 411 g/mol. The van der Waals surface area contributed by atoms with Gasteiger partial charge in [-0.3, -0.25) is 0 Å². The van der Waals surface area contributed by atoms with Gasteiger partial charge in [0.2, 0.25) is 10.0 Å². The minimum absolute atomic E-state index is 0.167. The molecule has 1 aliphatic heterocycles. The topological polar surface area (TPSA) is 91.4 Å². The second kappa shape index (κ2) is 7.61. The van der Waals surface area contributed by atoms with Gasteiger partial charge in [-0.15, -0.1) is 0 Å². The van der Waals surface area contributed by atoms with Crippen molar-refractivity contribution in [3.8, 4) is 0 Å². The Balaban J connectivity index is 2.15. The van der Waals surface area contributed by atoms with E-state index in [4.69, 9.17) is 11.6 Å². The van der Waals surface area contributed by atoms with Gasteiger partial charge in [0, 0.05) is 43.1 Å². The summed E-state index contributed by atoms with van der Waals surface area (Å²) in [7, 11) is -3.78. The minimum atomic E-state index is -3.78. The summed E-state index contributed by atoms with van der Waals surface area (Å²) in [5.41, 5.74) is 1.44. The summed E-state index contributed by atoms with van der Waals surface area (Å²) in [6, 6.07) is 3.23. The Morgan fingerprint density at radius 1 is 1.33 bits per heavy atom. The van der Waals surface area contributed by atoms with Gasteiger partial charge in [-0.1, -0.05) is 25.4 Å². The first-order chi connectivity index (χ1) is 12.7. The molecule has 0 aliphatic carbocycles. The van der Waals surface area contributed by atoms with E-state index in [0.717, 1.165) is 5.56 Å². The zero-order chi connectivity index (χ0) is 19.8. The van der Waals surface area contributed by atoms with Gasteiger partial charge in [-0.05, 0) is 36.1 Å². The number of pyridine rings is 1. The SMILES string of the molecule is CCNC(=O)N1Cc2cc3cnc(Cl)cc3c(S(=O)(=O)NCC(C)C)c2C1. The molecular weight excluding hydrogens is 388 g/mol. The molecule has 0 bridgehead atoms. The van der Waals surface area contributed by atoms with E-state index in [1.165, 1.54) is 0 Å². The Morgan fingerprint density at radius 2 is 2.07 bits per heavy atom. The molecule has 3 rings (SSSR count). The molecule has 0 spiro atoms. The molecule has 7 nitrogen and oxygen atoms in total. The lowest BCUT2D eigenvalue weighted by Gasteiger charge is -2.16. The Morgan fingerprint density at radius 3 is 2.74 bits per heavy atom. The number of amides is 2. The molecule has 2 heterocycles. The van der Waals surface area contributed by atoms with E-state index >= 15 is 0 Å². The number of carbonyl (C=O) groups is 1. The Bertz CT molecular complexity index is 992. The van der Waals surface area contributed by atoms with Crippen molar-refractivity contribution < 1.29 is 13.2 Å². The number of hydrogen-bond donors (Lipinski definition) is 2.